The zero-order chi connectivity index (χ0) is 11.5. The van der Waals surface area contributed by atoms with Crippen molar-refractivity contribution in [1.82, 2.24) is 4.98 Å². The maximum absolute atomic E-state index is 6.21. The fraction of sp³-hybridized carbons (Fsp3) is 0.583. The molecule has 0 aliphatic heterocycles. The average Bonchev–Trinajstić information content (AvgIpc) is 2.18. The summed E-state index contributed by atoms with van der Waals surface area (Å²) >= 11 is 9.59. The van der Waals surface area contributed by atoms with E-state index >= 15 is 0 Å². The molecule has 1 aliphatic rings. The lowest BCUT2D eigenvalue weighted by Gasteiger charge is -2.32. The summed E-state index contributed by atoms with van der Waals surface area (Å²) in [7, 11) is 0. The molecule has 1 aromatic rings. The van der Waals surface area contributed by atoms with Crippen molar-refractivity contribution in [3.63, 3.8) is 0 Å². The molecule has 1 fully saturated rings. The van der Waals surface area contributed by atoms with Crippen LogP contribution in [-0.4, -0.2) is 18.1 Å². The maximum Gasteiger partial charge on any atom is 0.147 e. The summed E-state index contributed by atoms with van der Waals surface area (Å²) in [6, 6.07) is 1.91. The number of pyridine rings is 1. The third-order valence-electron chi connectivity index (χ3n) is 3.17. The molecule has 0 aromatic carbocycles. The molecule has 2 rings (SSSR count). The largest absolute Gasteiger partial charge is 0.355 e. The van der Waals surface area contributed by atoms with Crippen molar-refractivity contribution in [3.8, 4) is 0 Å². The van der Waals surface area contributed by atoms with E-state index in [9.17, 15) is 0 Å². The van der Waals surface area contributed by atoms with Crippen LogP contribution < -0.4 is 4.90 Å². The molecular weight excluding hydrogens is 288 g/mol. The van der Waals surface area contributed by atoms with E-state index in [4.69, 9.17) is 11.6 Å². The molecule has 0 atom stereocenters. The Morgan fingerprint density at radius 2 is 2.31 bits per heavy atom. The summed E-state index contributed by atoms with van der Waals surface area (Å²) in [4.78, 5) is 6.68. The molecule has 1 aromatic heterocycles. The Labute approximate surface area is 110 Å². The monoisotopic (exact) mass is 302 g/mol. The van der Waals surface area contributed by atoms with Crippen LogP contribution in [0.2, 0.25) is 5.02 Å². The molecule has 0 N–H and O–H groups in total. The predicted octanol–water partition coefficient (Wildman–Crippen LogP) is 4.12. The van der Waals surface area contributed by atoms with Gasteiger partial charge in [-0.05, 0) is 47.7 Å². The summed E-state index contributed by atoms with van der Waals surface area (Å²) in [5.41, 5.74) is 0. The van der Waals surface area contributed by atoms with Gasteiger partial charge in [0.2, 0.25) is 0 Å². The molecule has 0 unspecified atom stereocenters. The van der Waals surface area contributed by atoms with Gasteiger partial charge in [-0.15, -0.1) is 0 Å². The number of anilines is 1. The highest BCUT2D eigenvalue weighted by Crippen LogP contribution is 2.31. The standard InChI is InChI=1S/C12H16BrClN2/c1-2-16(8-9-4-3-5-9)12-11(14)6-10(13)7-15-12/h6-7,9H,2-5,8H2,1H3. The van der Waals surface area contributed by atoms with Crippen molar-refractivity contribution >= 4 is 33.3 Å². The first-order valence-corrected chi connectivity index (χ1v) is 6.93. The minimum absolute atomic E-state index is 0.732. The van der Waals surface area contributed by atoms with Gasteiger partial charge in [0.05, 0.1) is 5.02 Å². The summed E-state index contributed by atoms with van der Waals surface area (Å²) < 4.78 is 0.931. The van der Waals surface area contributed by atoms with E-state index in [1.807, 2.05) is 12.3 Å². The zero-order valence-electron chi connectivity index (χ0n) is 9.42. The van der Waals surface area contributed by atoms with Gasteiger partial charge in [0.15, 0.2) is 0 Å². The van der Waals surface area contributed by atoms with E-state index in [1.54, 1.807) is 0 Å². The molecule has 4 heteroatoms. The SMILES string of the molecule is CCN(CC1CCC1)c1ncc(Br)cc1Cl. The van der Waals surface area contributed by atoms with E-state index in [-0.39, 0.29) is 0 Å². The van der Waals surface area contributed by atoms with Crippen LogP contribution in [0.4, 0.5) is 5.82 Å². The highest BCUT2D eigenvalue weighted by atomic mass is 79.9. The second-order valence-electron chi connectivity index (χ2n) is 4.29. The molecule has 0 saturated heterocycles. The fourth-order valence-corrected chi connectivity index (χ4v) is 2.74. The molecule has 0 radical (unpaired) electrons. The molecule has 0 spiro atoms. The van der Waals surface area contributed by atoms with Gasteiger partial charge in [0, 0.05) is 23.8 Å². The van der Waals surface area contributed by atoms with Crippen LogP contribution in [0, 0.1) is 5.92 Å². The van der Waals surface area contributed by atoms with Gasteiger partial charge >= 0.3 is 0 Å². The van der Waals surface area contributed by atoms with Crippen LogP contribution in [0.25, 0.3) is 0 Å². The first kappa shape index (κ1) is 12.2. The number of hydrogen-bond acceptors (Lipinski definition) is 2. The number of halogens is 2. The topological polar surface area (TPSA) is 16.1 Å². The second-order valence-corrected chi connectivity index (χ2v) is 5.62. The minimum atomic E-state index is 0.732. The number of rotatable bonds is 4. The van der Waals surface area contributed by atoms with Crippen LogP contribution in [-0.2, 0) is 0 Å². The lowest BCUT2D eigenvalue weighted by Crippen LogP contribution is -2.33. The molecule has 88 valence electrons. The Hall–Kier alpha value is -0.280. The lowest BCUT2D eigenvalue weighted by atomic mass is 9.85. The number of nitrogens with zero attached hydrogens (tertiary/aromatic N) is 2. The van der Waals surface area contributed by atoms with E-state index in [1.165, 1.54) is 19.3 Å². The first-order valence-electron chi connectivity index (χ1n) is 5.76. The number of hydrogen-bond donors (Lipinski definition) is 0. The van der Waals surface area contributed by atoms with Crippen molar-refractivity contribution in [1.29, 1.82) is 0 Å². The van der Waals surface area contributed by atoms with Gasteiger partial charge in [-0.1, -0.05) is 18.0 Å². The summed E-state index contributed by atoms with van der Waals surface area (Å²) in [5, 5.41) is 0.732. The second kappa shape index (κ2) is 5.37. The first-order chi connectivity index (χ1) is 7.70. The van der Waals surface area contributed by atoms with Crippen LogP contribution in [0.3, 0.4) is 0 Å². The van der Waals surface area contributed by atoms with E-state index in [2.05, 4.69) is 32.7 Å². The van der Waals surface area contributed by atoms with Crippen LogP contribution in [0.5, 0.6) is 0 Å². The Morgan fingerprint density at radius 3 is 2.81 bits per heavy atom. The molecule has 0 bridgehead atoms. The quantitative estimate of drug-likeness (QED) is 0.831. The smallest absolute Gasteiger partial charge is 0.147 e. The minimum Gasteiger partial charge on any atom is -0.355 e. The highest BCUT2D eigenvalue weighted by Gasteiger charge is 2.21. The zero-order valence-corrected chi connectivity index (χ0v) is 11.8. The normalized spacial score (nSPS) is 15.9. The van der Waals surface area contributed by atoms with Crippen LogP contribution >= 0.6 is 27.5 Å². The predicted molar refractivity (Wildman–Crippen MR) is 72.2 cm³/mol. The molecular formula is C12H16BrClN2. The van der Waals surface area contributed by atoms with Crippen molar-refractivity contribution in [2.24, 2.45) is 5.92 Å². The van der Waals surface area contributed by atoms with Gasteiger partial charge in [0.25, 0.3) is 0 Å². The number of aromatic nitrogens is 1. The molecule has 1 saturated carbocycles. The maximum atomic E-state index is 6.21. The molecule has 0 amide bonds. The van der Waals surface area contributed by atoms with Gasteiger partial charge < -0.3 is 4.90 Å². The Morgan fingerprint density at radius 1 is 1.56 bits per heavy atom. The van der Waals surface area contributed by atoms with Crippen LogP contribution in [0.1, 0.15) is 26.2 Å². The fourth-order valence-electron chi connectivity index (χ4n) is 1.99. The van der Waals surface area contributed by atoms with E-state index in [0.29, 0.717) is 0 Å². The van der Waals surface area contributed by atoms with Gasteiger partial charge in [-0.3, -0.25) is 0 Å². The Balaban J connectivity index is 2.11. The van der Waals surface area contributed by atoms with Crippen molar-refractivity contribution < 1.29 is 0 Å². The molecule has 2 nitrogen and oxygen atoms in total. The van der Waals surface area contributed by atoms with E-state index in [0.717, 1.165) is 34.3 Å². The molecule has 16 heavy (non-hydrogen) atoms. The molecule has 1 aliphatic carbocycles. The highest BCUT2D eigenvalue weighted by molar-refractivity contribution is 9.10. The van der Waals surface area contributed by atoms with Crippen molar-refractivity contribution in [2.75, 3.05) is 18.0 Å². The average molecular weight is 304 g/mol. The van der Waals surface area contributed by atoms with E-state index < -0.39 is 0 Å². The van der Waals surface area contributed by atoms with Crippen LogP contribution in [0.15, 0.2) is 16.7 Å². The Bertz CT molecular complexity index is 366. The van der Waals surface area contributed by atoms with Gasteiger partial charge in [-0.2, -0.15) is 0 Å². The third-order valence-corrected chi connectivity index (χ3v) is 3.88. The third kappa shape index (κ3) is 2.69. The van der Waals surface area contributed by atoms with Crippen molar-refractivity contribution in [3.05, 3.63) is 21.8 Å². The Kier molecular flexibility index (Phi) is 4.09. The van der Waals surface area contributed by atoms with Crippen molar-refractivity contribution in [2.45, 2.75) is 26.2 Å². The molecule has 1 heterocycles. The lowest BCUT2D eigenvalue weighted by molar-refractivity contribution is 0.318. The summed E-state index contributed by atoms with van der Waals surface area (Å²) in [6.07, 6.45) is 5.89. The summed E-state index contributed by atoms with van der Waals surface area (Å²) in [5.74, 6) is 1.75. The summed E-state index contributed by atoms with van der Waals surface area (Å²) in [6.45, 7) is 4.20. The van der Waals surface area contributed by atoms with Gasteiger partial charge in [0.1, 0.15) is 5.82 Å². The van der Waals surface area contributed by atoms with Gasteiger partial charge in [-0.25, -0.2) is 4.98 Å².